The fourth-order valence-electron chi connectivity index (χ4n) is 5.98. The van der Waals surface area contributed by atoms with E-state index in [9.17, 15) is 19.5 Å². The van der Waals surface area contributed by atoms with Gasteiger partial charge in [-0.15, -0.1) is 0 Å². The van der Waals surface area contributed by atoms with Crippen LogP contribution in [0.3, 0.4) is 0 Å². The van der Waals surface area contributed by atoms with Crippen molar-refractivity contribution in [3.63, 3.8) is 0 Å². The second-order valence-corrected chi connectivity index (χ2v) is 11.1. The van der Waals surface area contributed by atoms with Crippen molar-refractivity contribution in [3.05, 3.63) is 59.6 Å². The first kappa shape index (κ1) is 25.2. The fraction of sp³-hybridized carbons (Fsp3) is 0.423. The standard InChI is InChI=1S/C26H27BrClN3O5/c1-2-15(13-32)31-22(24(34)30-18-11-7-6-10-17(18)28)26-12-16(27)21(36-26)19(20(26)25(31)35)23(33)29-14-8-4-3-5-9-14/h3-11,15-16,19-22,32H,2,12-13H2,1H3,(H,29,33)(H,30,34)/t15-,16?,19+,20-,21+,22?,26?/m0/s1. The molecule has 3 heterocycles. The fourth-order valence-corrected chi connectivity index (χ4v) is 7.11. The van der Waals surface area contributed by atoms with Crippen LogP contribution in [-0.2, 0) is 19.1 Å². The van der Waals surface area contributed by atoms with Gasteiger partial charge in [-0.2, -0.15) is 0 Å². The quantitative estimate of drug-likeness (QED) is 0.438. The van der Waals surface area contributed by atoms with Gasteiger partial charge in [0.1, 0.15) is 11.6 Å². The van der Waals surface area contributed by atoms with Crippen molar-refractivity contribution in [2.45, 2.75) is 48.4 Å². The third-order valence-electron chi connectivity index (χ3n) is 7.53. The summed E-state index contributed by atoms with van der Waals surface area (Å²) < 4.78 is 6.46. The molecular weight excluding hydrogens is 550 g/mol. The first-order chi connectivity index (χ1) is 17.3. The number of carbonyl (C=O) groups is 3. The van der Waals surface area contributed by atoms with Crippen LogP contribution in [0, 0.1) is 11.8 Å². The van der Waals surface area contributed by atoms with E-state index in [0.29, 0.717) is 29.2 Å². The van der Waals surface area contributed by atoms with Crippen LogP contribution in [0.25, 0.3) is 0 Å². The summed E-state index contributed by atoms with van der Waals surface area (Å²) in [6, 6.07) is 14.2. The lowest BCUT2D eigenvalue weighted by atomic mass is 9.70. The number of hydrogen-bond donors (Lipinski definition) is 3. The lowest BCUT2D eigenvalue weighted by Gasteiger charge is -2.36. The lowest BCUT2D eigenvalue weighted by molar-refractivity contribution is -0.143. The molecule has 0 aliphatic carbocycles. The van der Waals surface area contributed by atoms with Gasteiger partial charge in [-0.05, 0) is 37.1 Å². The van der Waals surface area contributed by atoms with Crippen LogP contribution in [0.2, 0.25) is 5.02 Å². The van der Waals surface area contributed by atoms with Gasteiger partial charge in [0, 0.05) is 10.5 Å². The highest BCUT2D eigenvalue weighted by Crippen LogP contribution is 2.60. The van der Waals surface area contributed by atoms with Crippen LogP contribution in [-0.4, -0.2) is 63.0 Å². The summed E-state index contributed by atoms with van der Waals surface area (Å²) >= 11 is 9.93. The molecule has 3 saturated heterocycles. The molecule has 190 valence electrons. The lowest BCUT2D eigenvalue weighted by Crippen LogP contribution is -2.56. The van der Waals surface area contributed by atoms with E-state index in [2.05, 4.69) is 26.6 Å². The minimum atomic E-state index is -1.22. The van der Waals surface area contributed by atoms with E-state index in [-0.39, 0.29) is 23.2 Å². The largest absolute Gasteiger partial charge is 0.394 e. The van der Waals surface area contributed by atoms with Gasteiger partial charge in [-0.1, -0.05) is 64.8 Å². The van der Waals surface area contributed by atoms with Gasteiger partial charge in [-0.25, -0.2) is 0 Å². The summed E-state index contributed by atoms with van der Waals surface area (Å²) in [5, 5.41) is 16.2. The van der Waals surface area contributed by atoms with E-state index >= 15 is 0 Å². The summed E-state index contributed by atoms with van der Waals surface area (Å²) in [5.41, 5.74) is -0.194. The number of likely N-dealkylation sites (tertiary alicyclic amines) is 1. The normalized spacial score (nSPS) is 31.3. The first-order valence-electron chi connectivity index (χ1n) is 12.0. The second-order valence-electron chi connectivity index (χ2n) is 9.48. The van der Waals surface area contributed by atoms with Gasteiger partial charge in [0.15, 0.2) is 0 Å². The number of fused-ring (bicyclic) bond motifs is 1. The number of aliphatic hydroxyl groups excluding tert-OH is 1. The van der Waals surface area contributed by atoms with E-state index in [0.717, 1.165) is 0 Å². The van der Waals surface area contributed by atoms with Crippen LogP contribution in [0.5, 0.6) is 0 Å². The molecule has 7 atom stereocenters. The van der Waals surface area contributed by atoms with E-state index in [4.69, 9.17) is 16.3 Å². The Kier molecular flexibility index (Phi) is 6.84. The van der Waals surface area contributed by atoms with E-state index in [1.165, 1.54) is 4.90 Å². The predicted molar refractivity (Wildman–Crippen MR) is 139 cm³/mol. The summed E-state index contributed by atoms with van der Waals surface area (Å²) in [5.74, 6) is -2.81. The Morgan fingerprint density at radius 2 is 1.86 bits per heavy atom. The van der Waals surface area contributed by atoms with Crippen molar-refractivity contribution < 1.29 is 24.2 Å². The molecule has 0 aromatic heterocycles. The summed E-state index contributed by atoms with van der Waals surface area (Å²) in [7, 11) is 0. The van der Waals surface area contributed by atoms with E-state index in [1.54, 1.807) is 36.4 Å². The van der Waals surface area contributed by atoms with Crippen LogP contribution >= 0.6 is 27.5 Å². The topological polar surface area (TPSA) is 108 Å². The zero-order valence-electron chi connectivity index (χ0n) is 19.6. The zero-order valence-corrected chi connectivity index (χ0v) is 21.9. The van der Waals surface area contributed by atoms with Crippen molar-refractivity contribution in [2.24, 2.45) is 11.8 Å². The van der Waals surface area contributed by atoms with E-state index in [1.807, 2.05) is 25.1 Å². The SMILES string of the molecule is CC[C@@H](CO)N1C(=O)[C@@H]2[C@@H](C(=O)Nc3ccccc3)[C@@H]3OC2(CC3Br)C1C(=O)Nc1ccccc1Cl. The molecule has 10 heteroatoms. The van der Waals surface area contributed by atoms with Gasteiger partial charge in [-0.3, -0.25) is 14.4 Å². The monoisotopic (exact) mass is 575 g/mol. The second kappa shape index (κ2) is 9.78. The molecular formula is C26H27BrClN3O5. The molecule has 8 nitrogen and oxygen atoms in total. The highest BCUT2D eigenvalue weighted by molar-refractivity contribution is 9.09. The Hall–Kier alpha value is -2.46. The summed E-state index contributed by atoms with van der Waals surface area (Å²) in [6.07, 6.45) is 0.236. The van der Waals surface area contributed by atoms with Crippen molar-refractivity contribution >= 4 is 56.6 Å². The summed E-state index contributed by atoms with van der Waals surface area (Å²) in [4.78, 5) is 42.5. The molecule has 0 radical (unpaired) electrons. The first-order valence-corrected chi connectivity index (χ1v) is 13.3. The average molecular weight is 577 g/mol. The average Bonchev–Trinajstić information content (AvgIpc) is 3.46. The maximum atomic E-state index is 14.0. The van der Waals surface area contributed by atoms with E-state index < -0.39 is 41.5 Å². The Morgan fingerprint density at radius 1 is 1.17 bits per heavy atom. The van der Waals surface area contributed by atoms with Crippen molar-refractivity contribution in [2.75, 3.05) is 17.2 Å². The molecule has 3 aliphatic heterocycles. The molecule has 2 aromatic rings. The van der Waals surface area contributed by atoms with Crippen LogP contribution in [0.4, 0.5) is 11.4 Å². The maximum absolute atomic E-state index is 14.0. The third kappa shape index (κ3) is 3.93. The molecule has 3 aliphatic rings. The Labute approximate surface area is 222 Å². The molecule has 5 rings (SSSR count). The van der Waals surface area contributed by atoms with Gasteiger partial charge in [0.25, 0.3) is 0 Å². The van der Waals surface area contributed by atoms with Crippen molar-refractivity contribution in [1.29, 1.82) is 0 Å². The number of para-hydroxylation sites is 2. The molecule has 3 amide bonds. The third-order valence-corrected chi connectivity index (χ3v) is 8.70. The Balaban J connectivity index is 1.54. The highest BCUT2D eigenvalue weighted by atomic mass is 79.9. The van der Waals surface area contributed by atoms with Gasteiger partial charge in [0.05, 0.1) is 41.3 Å². The van der Waals surface area contributed by atoms with Crippen molar-refractivity contribution in [1.82, 2.24) is 4.90 Å². The number of halogens is 2. The van der Waals surface area contributed by atoms with Crippen molar-refractivity contribution in [3.8, 4) is 0 Å². The number of ether oxygens (including phenoxy) is 1. The molecule has 3 unspecified atom stereocenters. The van der Waals surface area contributed by atoms with Gasteiger partial charge >= 0.3 is 0 Å². The molecule has 2 bridgehead atoms. The number of nitrogens with one attached hydrogen (secondary N) is 2. The number of alkyl halides is 1. The smallest absolute Gasteiger partial charge is 0.250 e. The summed E-state index contributed by atoms with van der Waals surface area (Å²) in [6.45, 7) is 1.52. The Morgan fingerprint density at radius 3 is 2.53 bits per heavy atom. The molecule has 1 spiro atoms. The number of carbonyl (C=O) groups excluding carboxylic acids is 3. The van der Waals surface area contributed by atoms with Crippen LogP contribution in [0.15, 0.2) is 54.6 Å². The predicted octanol–water partition coefficient (Wildman–Crippen LogP) is 3.44. The van der Waals surface area contributed by atoms with Gasteiger partial charge < -0.3 is 25.4 Å². The highest BCUT2D eigenvalue weighted by Gasteiger charge is 2.77. The van der Waals surface area contributed by atoms with Crippen LogP contribution in [0.1, 0.15) is 19.8 Å². The minimum Gasteiger partial charge on any atom is -0.394 e. The number of aliphatic hydroxyl groups is 1. The number of amides is 3. The number of rotatable bonds is 7. The zero-order chi connectivity index (χ0) is 25.6. The number of nitrogens with zero attached hydrogens (tertiary/aromatic N) is 1. The molecule has 3 N–H and O–H groups in total. The number of benzene rings is 2. The maximum Gasteiger partial charge on any atom is 0.250 e. The molecule has 2 aromatic carbocycles. The minimum absolute atomic E-state index is 0.224. The Bertz CT molecular complexity index is 1180. The molecule has 0 saturated carbocycles. The molecule has 36 heavy (non-hydrogen) atoms. The molecule has 3 fully saturated rings. The van der Waals surface area contributed by atoms with Crippen LogP contribution < -0.4 is 10.6 Å². The number of hydrogen-bond acceptors (Lipinski definition) is 5. The van der Waals surface area contributed by atoms with Gasteiger partial charge in [0.2, 0.25) is 17.7 Å². The number of anilines is 2.